The summed E-state index contributed by atoms with van der Waals surface area (Å²) in [5.41, 5.74) is 1.31. The Kier molecular flexibility index (Phi) is 4.67. The maximum Gasteiger partial charge on any atom is 0.119 e. The molecule has 132 valence electrons. The van der Waals surface area contributed by atoms with E-state index in [1.807, 2.05) is 30.3 Å². The van der Waals surface area contributed by atoms with Crippen molar-refractivity contribution < 1.29 is 9.84 Å². The molecule has 3 heteroatoms. The first kappa shape index (κ1) is 16.5. The number of para-hydroxylation sites is 1. The van der Waals surface area contributed by atoms with Gasteiger partial charge in [-0.2, -0.15) is 0 Å². The number of hydrogen-bond acceptors (Lipinski definition) is 3. The molecule has 2 fully saturated rings. The Bertz CT molecular complexity index is 671. The molecule has 4 atom stereocenters. The monoisotopic (exact) mass is 337 g/mol. The molecule has 0 aromatic heterocycles. The molecule has 25 heavy (non-hydrogen) atoms. The summed E-state index contributed by atoms with van der Waals surface area (Å²) in [5.74, 6) is 3.40. The molecule has 1 aliphatic heterocycles. The van der Waals surface area contributed by atoms with Crippen molar-refractivity contribution >= 4 is 0 Å². The Morgan fingerprint density at radius 2 is 1.64 bits per heavy atom. The number of benzene rings is 2. The van der Waals surface area contributed by atoms with Crippen molar-refractivity contribution in [3.05, 3.63) is 60.2 Å². The predicted octanol–water partition coefficient (Wildman–Crippen LogP) is 4.29. The number of hydrogen-bond donors (Lipinski definition) is 1. The lowest BCUT2D eigenvalue weighted by molar-refractivity contribution is 0.184. The number of fused-ring (bicyclic) bond motifs is 1. The van der Waals surface area contributed by atoms with E-state index < -0.39 is 0 Å². The van der Waals surface area contributed by atoms with Gasteiger partial charge in [0.05, 0.1) is 6.10 Å². The molecule has 0 spiro atoms. The molecule has 2 aliphatic rings. The third-order valence-electron chi connectivity index (χ3n) is 5.82. The number of phenols is 1. The largest absolute Gasteiger partial charge is 0.508 e. The summed E-state index contributed by atoms with van der Waals surface area (Å²) in [4.78, 5) is 2.62. The van der Waals surface area contributed by atoms with Gasteiger partial charge >= 0.3 is 0 Å². The highest BCUT2D eigenvalue weighted by Crippen LogP contribution is 2.40. The highest BCUT2D eigenvalue weighted by atomic mass is 16.5. The van der Waals surface area contributed by atoms with Crippen molar-refractivity contribution in [1.29, 1.82) is 0 Å². The minimum Gasteiger partial charge on any atom is -0.508 e. The SMILES string of the molecule is CC(CN1C[C@H]2C[C@H](Oc3ccccc3)C[C@H]2C1)c1ccc(O)cc1. The zero-order valence-electron chi connectivity index (χ0n) is 14.8. The summed E-state index contributed by atoms with van der Waals surface area (Å²) in [6, 6.07) is 17.9. The molecule has 0 radical (unpaired) electrons. The summed E-state index contributed by atoms with van der Waals surface area (Å²) < 4.78 is 6.17. The molecule has 0 bridgehead atoms. The normalized spacial score (nSPS) is 27.2. The van der Waals surface area contributed by atoms with Crippen molar-refractivity contribution in [1.82, 2.24) is 4.90 Å². The molecule has 2 aromatic carbocycles. The molecule has 1 saturated heterocycles. The van der Waals surface area contributed by atoms with E-state index in [0.717, 1.165) is 24.1 Å². The fourth-order valence-electron chi connectivity index (χ4n) is 4.57. The van der Waals surface area contributed by atoms with Crippen LogP contribution in [0.25, 0.3) is 0 Å². The van der Waals surface area contributed by atoms with Gasteiger partial charge in [0, 0.05) is 19.6 Å². The summed E-state index contributed by atoms with van der Waals surface area (Å²) in [6.07, 6.45) is 2.75. The van der Waals surface area contributed by atoms with Gasteiger partial charge in [0.1, 0.15) is 11.5 Å². The fourth-order valence-corrected chi connectivity index (χ4v) is 4.57. The highest BCUT2D eigenvalue weighted by molar-refractivity contribution is 5.28. The lowest BCUT2D eigenvalue weighted by atomic mass is 10.0. The number of phenolic OH excluding ortho intramolecular Hbond substituents is 1. The van der Waals surface area contributed by atoms with Crippen molar-refractivity contribution in [2.75, 3.05) is 19.6 Å². The third-order valence-corrected chi connectivity index (χ3v) is 5.82. The minimum atomic E-state index is 0.344. The fraction of sp³-hybridized carbons (Fsp3) is 0.455. The van der Waals surface area contributed by atoms with E-state index >= 15 is 0 Å². The van der Waals surface area contributed by atoms with Crippen molar-refractivity contribution in [2.45, 2.75) is 31.8 Å². The van der Waals surface area contributed by atoms with Crippen LogP contribution in [0.1, 0.15) is 31.2 Å². The molecule has 1 N–H and O–H groups in total. The number of likely N-dealkylation sites (tertiary alicyclic amines) is 1. The first-order valence-electron chi connectivity index (χ1n) is 9.40. The van der Waals surface area contributed by atoms with Gasteiger partial charge in [-0.3, -0.25) is 0 Å². The van der Waals surface area contributed by atoms with Gasteiger partial charge in [-0.05, 0) is 60.4 Å². The Morgan fingerprint density at radius 3 is 2.28 bits per heavy atom. The maximum atomic E-state index is 9.44. The number of nitrogens with zero attached hydrogens (tertiary/aromatic N) is 1. The van der Waals surface area contributed by atoms with E-state index in [-0.39, 0.29) is 0 Å². The van der Waals surface area contributed by atoms with Gasteiger partial charge in [-0.25, -0.2) is 0 Å². The molecule has 1 aliphatic carbocycles. The molecular weight excluding hydrogens is 310 g/mol. The average Bonchev–Trinajstić information content (AvgIpc) is 3.14. The topological polar surface area (TPSA) is 32.7 Å². The van der Waals surface area contributed by atoms with Crippen molar-refractivity contribution in [3.8, 4) is 11.5 Å². The standard InChI is InChI=1S/C22H27NO2/c1-16(17-7-9-20(24)10-8-17)13-23-14-18-11-22(12-19(18)15-23)25-21-5-3-2-4-6-21/h2-10,16,18-19,22,24H,11-15H2,1H3/t16?,18-,19+,22+. The molecule has 1 heterocycles. The van der Waals surface area contributed by atoms with Gasteiger partial charge in [0.2, 0.25) is 0 Å². The van der Waals surface area contributed by atoms with Gasteiger partial charge < -0.3 is 14.7 Å². The number of rotatable bonds is 5. The van der Waals surface area contributed by atoms with Crippen LogP contribution < -0.4 is 4.74 Å². The molecule has 1 saturated carbocycles. The van der Waals surface area contributed by atoms with Gasteiger partial charge in [0.25, 0.3) is 0 Å². The van der Waals surface area contributed by atoms with Gasteiger partial charge in [0.15, 0.2) is 0 Å². The first-order chi connectivity index (χ1) is 12.2. The minimum absolute atomic E-state index is 0.344. The molecule has 3 nitrogen and oxygen atoms in total. The first-order valence-corrected chi connectivity index (χ1v) is 9.40. The van der Waals surface area contributed by atoms with E-state index in [9.17, 15) is 5.11 Å². The number of aromatic hydroxyl groups is 1. The molecule has 1 unspecified atom stereocenters. The van der Waals surface area contributed by atoms with Crippen LogP contribution in [0.15, 0.2) is 54.6 Å². The molecular formula is C22H27NO2. The Labute approximate surface area is 150 Å². The van der Waals surface area contributed by atoms with Crippen LogP contribution in [-0.2, 0) is 0 Å². The quantitative estimate of drug-likeness (QED) is 0.884. The van der Waals surface area contributed by atoms with Crippen LogP contribution in [0.2, 0.25) is 0 Å². The van der Waals surface area contributed by atoms with E-state index in [1.165, 1.54) is 31.5 Å². The van der Waals surface area contributed by atoms with Crippen LogP contribution in [0.3, 0.4) is 0 Å². The summed E-state index contributed by atoms with van der Waals surface area (Å²) in [6.45, 7) is 5.77. The highest BCUT2D eigenvalue weighted by Gasteiger charge is 2.41. The molecule has 4 rings (SSSR count). The maximum absolute atomic E-state index is 9.44. The average molecular weight is 337 g/mol. The van der Waals surface area contributed by atoms with Crippen molar-refractivity contribution in [2.24, 2.45) is 11.8 Å². The van der Waals surface area contributed by atoms with Crippen LogP contribution in [0.4, 0.5) is 0 Å². The molecule has 2 aromatic rings. The zero-order valence-corrected chi connectivity index (χ0v) is 14.8. The molecule has 0 amide bonds. The Hall–Kier alpha value is -2.00. The second-order valence-corrected chi connectivity index (χ2v) is 7.76. The second kappa shape index (κ2) is 7.09. The summed E-state index contributed by atoms with van der Waals surface area (Å²) in [5, 5.41) is 9.44. The van der Waals surface area contributed by atoms with Crippen LogP contribution in [-0.4, -0.2) is 35.7 Å². The van der Waals surface area contributed by atoms with Crippen LogP contribution in [0, 0.1) is 11.8 Å². The smallest absolute Gasteiger partial charge is 0.119 e. The van der Waals surface area contributed by atoms with E-state index in [0.29, 0.717) is 17.8 Å². The van der Waals surface area contributed by atoms with Crippen molar-refractivity contribution in [3.63, 3.8) is 0 Å². The van der Waals surface area contributed by atoms with Crippen LogP contribution in [0.5, 0.6) is 11.5 Å². The van der Waals surface area contributed by atoms with Crippen LogP contribution >= 0.6 is 0 Å². The second-order valence-electron chi connectivity index (χ2n) is 7.76. The third kappa shape index (κ3) is 3.82. The number of ether oxygens (including phenoxy) is 1. The Balaban J connectivity index is 1.28. The lowest BCUT2D eigenvalue weighted by Gasteiger charge is -2.23. The van der Waals surface area contributed by atoms with Gasteiger partial charge in [-0.15, -0.1) is 0 Å². The van der Waals surface area contributed by atoms with E-state index in [4.69, 9.17) is 4.74 Å². The summed E-state index contributed by atoms with van der Waals surface area (Å²) >= 11 is 0. The Morgan fingerprint density at radius 1 is 1.00 bits per heavy atom. The summed E-state index contributed by atoms with van der Waals surface area (Å²) in [7, 11) is 0. The predicted molar refractivity (Wildman–Crippen MR) is 100 cm³/mol. The van der Waals surface area contributed by atoms with E-state index in [1.54, 1.807) is 12.1 Å². The van der Waals surface area contributed by atoms with E-state index in [2.05, 4.69) is 24.0 Å². The zero-order chi connectivity index (χ0) is 17.2. The van der Waals surface area contributed by atoms with Gasteiger partial charge in [-0.1, -0.05) is 37.3 Å². The lowest BCUT2D eigenvalue weighted by Crippen LogP contribution is -2.28.